The number of hydrogen-bond donors (Lipinski definition) is 2. The minimum Gasteiger partial charge on any atom is -0.495 e. The maximum Gasteiger partial charge on any atom is 0.141 e. The Morgan fingerprint density at radius 2 is 2.05 bits per heavy atom. The molecule has 1 aromatic heterocycles. The lowest BCUT2D eigenvalue weighted by atomic mass is 10.2. The predicted octanol–water partition coefficient (Wildman–Crippen LogP) is 3.47. The number of imidazole rings is 1. The number of aromatic nitrogens is 2. The summed E-state index contributed by atoms with van der Waals surface area (Å²) in [6, 6.07) is 11.1. The summed E-state index contributed by atoms with van der Waals surface area (Å²) in [5, 5.41) is 0.678. The van der Waals surface area contributed by atoms with Gasteiger partial charge in [-0.3, -0.25) is 0 Å². The first-order valence-electron chi connectivity index (χ1n) is 5.76. The first-order valence-corrected chi connectivity index (χ1v) is 6.14. The molecule has 19 heavy (non-hydrogen) atoms. The van der Waals surface area contributed by atoms with Crippen LogP contribution in [0.2, 0.25) is 5.02 Å². The highest BCUT2D eigenvalue weighted by Gasteiger charge is 2.08. The lowest BCUT2D eigenvalue weighted by Gasteiger charge is -2.05. The summed E-state index contributed by atoms with van der Waals surface area (Å²) in [7, 11) is 1.59. The van der Waals surface area contributed by atoms with Gasteiger partial charge >= 0.3 is 0 Å². The van der Waals surface area contributed by atoms with Crippen LogP contribution in [-0.2, 0) is 0 Å². The number of H-pyrrole nitrogens is 1. The topological polar surface area (TPSA) is 63.9 Å². The Bertz CT molecular complexity index is 752. The molecule has 2 aromatic carbocycles. The van der Waals surface area contributed by atoms with Crippen molar-refractivity contribution in [2.45, 2.75) is 0 Å². The van der Waals surface area contributed by atoms with Crippen molar-refractivity contribution < 1.29 is 4.74 Å². The zero-order valence-electron chi connectivity index (χ0n) is 10.3. The van der Waals surface area contributed by atoms with E-state index in [4.69, 9.17) is 22.1 Å². The van der Waals surface area contributed by atoms with Crippen molar-refractivity contribution in [1.29, 1.82) is 0 Å². The summed E-state index contributed by atoms with van der Waals surface area (Å²) in [6.07, 6.45) is 0. The van der Waals surface area contributed by atoms with Crippen LogP contribution in [0.25, 0.3) is 22.4 Å². The summed E-state index contributed by atoms with van der Waals surface area (Å²) >= 11 is 5.95. The number of nitrogens with two attached hydrogens (primary N) is 1. The Balaban J connectivity index is 2.11. The van der Waals surface area contributed by atoms with Crippen LogP contribution in [0.1, 0.15) is 0 Å². The van der Waals surface area contributed by atoms with E-state index in [1.165, 1.54) is 0 Å². The van der Waals surface area contributed by atoms with Crippen LogP contribution in [-0.4, -0.2) is 17.1 Å². The van der Waals surface area contributed by atoms with Gasteiger partial charge in [-0.2, -0.15) is 0 Å². The fourth-order valence-electron chi connectivity index (χ4n) is 2.00. The summed E-state index contributed by atoms with van der Waals surface area (Å²) in [5.41, 5.74) is 9.16. The van der Waals surface area contributed by atoms with Gasteiger partial charge in [-0.15, -0.1) is 0 Å². The number of fused-ring (bicyclic) bond motifs is 1. The van der Waals surface area contributed by atoms with E-state index in [9.17, 15) is 0 Å². The molecule has 96 valence electrons. The second-order valence-corrected chi connectivity index (χ2v) is 4.64. The summed E-state index contributed by atoms with van der Waals surface area (Å²) in [4.78, 5) is 7.74. The van der Waals surface area contributed by atoms with Crippen molar-refractivity contribution in [1.82, 2.24) is 9.97 Å². The maximum absolute atomic E-state index is 5.95. The normalized spacial score (nSPS) is 10.8. The van der Waals surface area contributed by atoms with E-state index in [0.717, 1.165) is 22.4 Å². The number of nitrogens with zero attached hydrogens (tertiary/aromatic N) is 1. The third-order valence-electron chi connectivity index (χ3n) is 2.95. The number of hydrogen-bond acceptors (Lipinski definition) is 3. The molecule has 0 amide bonds. The lowest BCUT2D eigenvalue weighted by molar-refractivity contribution is 0.417. The van der Waals surface area contributed by atoms with E-state index in [-0.39, 0.29) is 0 Å². The van der Waals surface area contributed by atoms with Crippen LogP contribution < -0.4 is 10.5 Å². The predicted molar refractivity (Wildman–Crippen MR) is 77.5 cm³/mol. The van der Waals surface area contributed by atoms with E-state index in [1.54, 1.807) is 7.11 Å². The molecule has 0 bridgehead atoms. The van der Waals surface area contributed by atoms with E-state index in [1.807, 2.05) is 36.4 Å². The quantitative estimate of drug-likeness (QED) is 0.703. The van der Waals surface area contributed by atoms with E-state index in [2.05, 4.69) is 9.97 Å². The number of aromatic amines is 1. The molecule has 0 aliphatic carbocycles. The number of nitrogens with one attached hydrogen (secondary N) is 1. The van der Waals surface area contributed by atoms with Crippen LogP contribution in [0.15, 0.2) is 36.4 Å². The van der Waals surface area contributed by atoms with Crippen molar-refractivity contribution in [2.24, 2.45) is 0 Å². The Morgan fingerprint density at radius 3 is 2.79 bits per heavy atom. The molecule has 3 rings (SSSR count). The number of nitrogen functional groups attached to an aromatic ring is 1. The van der Waals surface area contributed by atoms with Crippen LogP contribution in [0.4, 0.5) is 5.69 Å². The first-order chi connectivity index (χ1) is 9.17. The largest absolute Gasteiger partial charge is 0.495 e. The number of rotatable bonds is 2. The van der Waals surface area contributed by atoms with Gasteiger partial charge in [0.25, 0.3) is 0 Å². The van der Waals surface area contributed by atoms with Gasteiger partial charge in [0.1, 0.15) is 11.6 Å². The van der Waals surface area contributed by atoms with E-state index in [0.29, 0.717) is 16.5 Å². The Labute approximate surface area is 115 Å². The smallest absolute Gasteiger partial charge is 0.141 e. The van der Waals surface area contributed by atoms with Gasteiger partial charge < -0.3 is 15.5 Å². The highest BCUT2D eigenvalue weighted by atomic mass is 35.5. The van der Waals surface area contributed by atoms with Gasteiger partial charge in [0.2, 0.25) is 0 Å². The Kier molecular flexibility index (Phi) is 2.80. The second-order valence-electron chi connectivity index (χ2n) is 4.20. The van der Waals surface area contributed by atoms with Crippen molar-refractivity contribution >= 4 is 28.3 Å². The van der Waals surface area contributed by atoms with Crippen LogP contribution in [0.5, 0.6) is 5.75 Å². The molecule has 1 heterocycles. The minimum atomic E-state index is 0.582. The average Bonchev–Trinajstić information content (AvgIpc) is 2.81. The molecule has 0 aliphatic rings. The van der Waals surface area contributed by atoms with Gasteiger partial charge in [0.15, 0.2) is 0 Å². The summed E-state index contributed by atoms with van der Waals surface area (Å²) in [5.74, 6) is 1.41. The van der Waals surface area contributed by atoms with Crippen LogP contribution in [0, 0.1) is 0 Å². The van der Waals surface area contributed by atoms with Crippen molar-refractivity contribution in [3.05, 3.63) is 41.4 Å². The number of anilines is 1. The third kappa shape index (κ3) is 2.11. The molecule has 0 unspecified atom stereocenters. The maximum atomic E-state index is 5.95. The molecule has 0 saturated heterocycles. The van der Waals surface area contributed by atoms with Crippen molar-refractivity contribution in [3.8, 4) is 17.1 Å². The standard InChI is InChI=1S/C14H12ClN3O/c1-19-13-5-2-8(6-10(13)16)14-17-11-4-3-9(15)7-12(11)18-14/h2-7H,16H2,1H3,(H,17,18). The van der Waals surface area contributed by atoms with Gasteiger partial charge in [-0.25, -0.2) is 4.98 Å². The van der Waals surface area contributed by atoms with E-state index >= 15 is 0 Å². The van der Waals surface area contributed by atoms with E-state index < -0.39 is 0 Å². The molecule has 3 N–H and O–H groups in total. The summed E-state index contributed by atoms with van der Waals surface area (Å²) < 4.78 is 5.14. The average molecular weight is 274 g/mol. The number of methoxy groups -OCH3 is 1. The van der Waals surface area contributed by atoms with Gasteiger partial charge in [-0.1, -0.05) is 11.6 Å². The lowest BCUT2D eigenvalue weighted by Crippen LogP contribution is -1.92. The third-order valence-corrected chi connectivity index (χ3v) is 3.18. The molecule has 5 heteroatoms. The Morgan fingerprint density at radius 1 is 1.21 bits per heavy atom. The fraction of sp³-hybridized carbons (Fsp3) is 0.0714. The van der Waals surface area contributed by atoms with Crippen molar-refractivity contribution in [3.63, 3.8) is 0 Å². The molecule has 0 saturated carbocycles. The first kappa shape index (κ1) is 11.9. The fourth-order valence-corrected chi connectivity index (χ4v) is 2.17. The van der Waals surface area contributed by atoms with Gasteiger partial charge in [-0.05, 0) is 36.4 Å². The molecule has 0 atom stereocenters. The SMILES string of the molecule is COc1ccc(-c2nc3ccc(Cl)cc3[nH]2)cc1N. The molecule has 0 radical (unpaired) electrons. The molecular formula is C14H12ClN3O. The monoisotopic (exact) mass is 273 g/mol. The second kappa shape index (κ2) is 4.48. The summed E-state index contributed by atoms with van der Waals surface area (Å²) in [6.45, 7) is 0. The van der Waals surface area contributed by atoms with Gasteiger partial charge in [0.05, 0.1) is 23.8 Å². The van der Waals surface area contributed by atoms with Crippen LogP contribution in [0.3, 0.4) is 0 Å². The molecule has 3 aromatic rings. The molecule has 0 spiro atoms. The molecule has 4 nitrogen and oxygen atoms in total. The van der Waals surface area contributed by atoms with Gasteiger partial charge in [0, 0.05) is 10.6 Å². The number of benzene rings is 2. The highest BCUT2D eigenvalue weighted by Crippen LogP contribution is 2.28. The Hall–Kier alpha value is -2.20. The molecule has 0 fully saturated rings. The number of ether oxygens (including phenoxy) is 1. The molecule has 0 aliphatic heterocycles. The van der Waals surface area contributed by atoms with Crippen molar-refractivity contribution in [2.75, 3.05) is 12.8 Å². The molecular weight excluding hydrogens is 262 g/mol. The number of halogens is 1. The van der Waals surface area contributed by atoms with Crippen LogP contribution >= 0.6 is 11.6 Å². The highest BCUT2D eigenvalue weighted by molar-refractivity contribution is 6.31. The minimum absolute atomic E-state index is 0.582. The zero-order valence-corrected chi connectivity index (χ0v) is 11.0. The zero-order chi connectivity index (χ0) is 13.4.